The first-order valence-corrected chi connectivity index (χ1v) is 10.8. The number of amides is 2. The Hall–Kier alpha value is -2.22. The van der Waals surface area contributed by atoms with Gasteiger partial charge < -0.3 is 20.9 Å². The van der Waals surface area contributed by atoms with E-state index in [2.05, 4.69) is 16.6 Å². The minimum atomic E-state index is -5.21. The molecule has 0 bridgehead atoms. The molecule has 0 saturated carbocycles. The van der Waals surface area contributed by atoms with Crippen LogP contribution in [0.15, 0.2) is 44.5 Å². The largest absolute Gasteiger partial charge is 0.573 e. The molecule has 0 heterocycles. The van der Waals surface area contributed by atoms with E-state index in [4.69, 9.17) is 17.3 Å². The number of nitrogens with two attached hydrogens (primary N) is 1. The summed E-state index contributed by atoms with van der Waals surface area (Å²) in [6.07, 6.45) is -5.21. The van der Waals surface area contributed by atoms with Crippen molar-refractivity contribution in [3.8, 4) is 5.75 Å². The highest BCUT2D eigenvalue weighted by atomic mass is 35.5. The van der Waals surface area contributed by atoms with Crippen molar-refractivity contribution in [1.29, 1.82) is 0 Å². The maximum absolute atomic E-state index is 12.8. The molecule has 31 heavy (non-hydrogen) atoms. The van der Waals surface area contributed by atoms with E-state index in [0.717, 1.165) is 32.9 Å². The van der Waals surface area contributed by atoms with Gasteiger partial charge in [0.2, 0.25) is 15.7 Å². The zero-order valence-corrected chi connectivity index (χ0v) is 18.7. The second-order valence-electron chi connectivity index (χ2n) is 6.45. The molecular weight excluding hydrogens is 485 g/mol. The van der Waals surface area contributed by atoms with Crippen molar-refractivity contribution in [3.05, 3.63) is 44.6 Å². The van der Waals surface area contributed by atoms with Crippen LogP contribution >= 0.6 is 23.4 Å². The second kappa shape index (κ2) is 9.51. The Morgan fingerprint density at radius 3 is 2.29 bits per heavy atom. The van der Waals surface area contributed by atoms with Crippen LogP contribution in [0.1, 0.15) is 20.8 Å². The van der Waals surface area contributed by atoms with Crippen molar-refractivity contribution < 1.29 is 41.0 Å². The lowest BCUT2D eigenvalue weighted by Gasteiger charge is -2.20. The molecule has 2 amide bonds. The molecule has 0 radical (unpaired) electrons. The topological polar surface area (TPSA) is 136 Å². The van der Waals surface area contributed by atoms with Crippen LogP contribution in [0.25, 0.3) is 0 Å². The van der Waals surface area contributed by atoms with Gasteiger partial charge in [-0.2, -0.15) is 0 Å². The van der Waals surface area contributed by atoms with Gasteiger partial charge in [0.1, 0.15) is 20.5 Å². The number of halogens is 4. The third kappa shape index (κ3) is 7.45. The maximum atomic E-state index is 12.8. The fourth-order valence-electron chi connectivity index (χ4n) is 1.76. The van der Waals surface area contributed by atoms with Crippen molar-refractivity contribution in [2.45, 2.75) is 37.6 Å². The Labute approximate surface area is 185 Å². The highest BCUT2D eigenvalue weighted by Gasteiger charge is 2.35. The summed E-state index contributed by atoms with van der Waals surface area (Å²) in [6, 6.07) is 2.46. The Kier molecular flexibility index (Phi) is 8.22. The molecule has 172 valence electrons. The average Bonchev–Trinajstić information content (AvgIpc) is 2.57. The lowest BCUT2D eigenvalue weighted by molar-refractivity contribution is -0.275. The summed E-state index contributed by atoms with van der Waals surface area (Å²) in [4.78, 5) is 22.7. The fraction of sp³-hybridized carbons (Fsp3) is 0.294. The predicted octanol–water partition coefficient (Wildman–Crippen LogP) is 2.82. The summed E-state index contributed by atoms with van der Waals surface area (Å²) in [5, 5.41) is 11.3. The van der Waals surface area contributed by atoms with Crippen LogP contribution in [0, 0.1) is 0 Å². The number of aliphatic hydroxyl groups is 1. The number of primary amides is 1. The summed E-state index contributed by atoms with van der Waals surface area (Å²) in [6.45, 7) is 6.74. The fourth-order valence-corrected chi connectivity index (χ4v) is 4.37. The highest BCUT2D eigenvalue weighted by Crippen LogP contribution is 2.39. The van der Waals surface area contributed by atoms with E-state index in [-0.39, 0.29) is 27.4 Å². The van der Waals surface area contributed by atoms with Gasteiger partial charge in [-0.15, -0.1) is 13.2 Å². The van der Waals surface area contributed by atoms with Crippen molar-refractivity contribution in [1.82, 2.24) is 5.32 Å². The van der Waals surface area contributed by atoms with Crippen molar-refractivity contribution >= 4 is 45.0 Å². The van der Waals surface area contributed by atoms with E-state index in [1.165, 1.54) is 0 Å². The standard InChI is InChI=1S/C17H18ClF3N2O6S2/c1-8(13(22)24)14(23-15(25)16(3,4)26)30-9(2)31(27,28)12-6-5-10(18)7-11(12)29-17(19,20)21/h5-7,26H,2H2,1,3-4H3,(H2,22,24)(H,23,25). The number of ether oxygens (including phenoxy) is 1. The van der Waals surface area contributed by atoms with Gasteiger partial charge in [-0.25, -0.2) is 8.42 Å². The molecule has 8 nitrogen and oxygen atoms in total. The van der Waals surface area contributed by atoms with Gasteiger partial charge in [-0.3, -0.25) is 9.59 Å². The predicted molar refractivity (Wildman–Crippen MR) is 108 cm³/mol. The monoisotopic (exact) mass is 502 g/mol. The van der Waals surface area contributed by atoms with Crippen LogP contribution < -0.4 is 15.8 Å². The van der Waals surface area contributed by atoms with E-state index in [1.54, 1.807) is 0 Å². The zero-order chi connectivity index (χ0) is 24.4. The van der Waals surface area contributed by atoms with Crippen molar-refractivity contribution in [2.75, 3.05) is 0 Å². The van der Waals surface area contributed by atoms with E-state index in [0.29, 0.717) is 6.07 Å². The third-order valence-corrected chi connectivity index (χ3v) is 6.93. The minimum absolute atomic E-state index is 0.223. The molecule has 0 aliphatic rings. The lowest BCUT2D eigenvalue weighted by atomic mass is 10.1. The third-order valence-electron chi connectivity index (χ3n) is 3.43. The normalized spacial score (nSPS) is 13.3. The van der Waals surface area contributed by atoms with Crippen molar-refractivity contribution in [2.24, 2.45) is 5.73 Å². The summed E-state index contributed by atoms with van der Waals surface area (Å²) < 4.78 is 66.7. The Morgan fingerprint density at radius 1 is 1.29 bits per heavy atom. The number of nitrogens with one attached hydrogen (secondary N) is 1. The molecule has 0 aliphatic carbocycles. The molecule has 0 aliphatic heterocycles. The SMILES string of the molecule is C=C(SC(NC(=O)C(C)(C)O)=C(C)C(N)=O)S(=O)(=O)c1ccc(Cl)cc1OC(F)(F)F. The van der Waals surface area contributed by atoms with E-state index < -0.39 is 48.5 Å². The maximum Gasteiger partial charge on any atom is 0.573 e. The molecule has 0 aromatic heterocycles. The summed E-state index contributed by atoms with van der Waals surface area (Å²) in [7, 11) is -4.70. The van der Waals surface area contributed by atoms with Crippen LogP contribution in [-0.4, -0.2) is 37.3 Å². The Bertz CT molecular complexity index is 1050. The van der Waals surface area contributed by atoms with Crippen LogP contribution in [0.4, 0.5) is 13.2 Å². The van der Waals surface area contributed by atoms with Crippen LogP contribution in [-0.2, 0) is 19.4 Å². The number of alkyl halides is 3. The molecule has 0 saturated heterocycles. The number of sulfone groups is 1. The van der Waals surface area contributed by atoms with Crippen LogP contribution in [0.2, 0.25) is 5.02 Å². The van der Waals surface area contributed by atoms with E-state index in [1.807, 2.05) is 0 Å². The van der Waals surface area contributed by atoms with Gasteiger partial charge >= 0.3 is 6.36 Å². The van der Waals surface area contributed by atoms with Crippen LogP contribution in [0.3, 0.4) is 0 Å². The van der Waals surface area contributed by atoms with Gasteiger partial charge in [-0.05, 0) is 32.9 Å². The molecule has 14 heteroatoms. The number of hydrogen-bond acceptors (Lipinski definition) is 7. The molecule has 1 rings (SSSR count). The Balaban J connectivity index is 3.42. The van der Waals surface area contributed by atoms with Gasteiger partial charge in [-0.1, -0.05) is 29.9 Å². The summed E-state index contributed by atoms with van der Waals surface area (Å²) in [5.41, 5.74) is 2.97. The molecule has 0 atom stereocenters. The first-order valence-electron chi connectivity index (χ1n) is 8.08. The first kappa shape index (κ1) is 26.8. The average molecular weight is 503 g/mol. The number of carbonyl (C=O) groups excluding carboxylic acids is 2. The molecule has 4 N–H and O–H groups in total. The smallest absolute Gasteiger partial charge is 0.404 e. The van der Waals surface area contributed by atoms with Gasteiger partial charge in [0.25, 0.3) is 5.91 Å². The number of rotatable bonds is 8. The van der Waals surface area contributed by atoms with Gasteiger partial charge in [0.15, 0.2) is 0 Å². The lowest BCUT2D eigenvalue weighted by Crippen LogP contribution is -2.41. The van der Waals surface area contributed by atoms with E-state index in [9.17, 15) is 36.3 Å². The zero-order valence-electron chi connectivity index (χ0n) is 16.3. The molecule has 0 spiro atoms. The minimum Gasteiger partial charge on any atom is -0.404 e. The molecular formula is C17H18ClF3N2O6S2. The molecule has 0 fully saturated rings. The highest BCUT2D eigenvalue weighted by molar-refractivity contribution is 8.20. The summed E-state index contributed by atoms with van der Waals surface area (Å²) >= 11 is 5.88. The number of hydrogen-bond donors (Lipinski definition) is 3. The summed E-state index contributed by atoms with van der Waals surface area (Å²) in [5.74, 6) is -3.14. The van der Waals surface area contributed by atoms with Crippen LogP contribution in [0.5, 0.6) is 5.75 Å². The first-order chi connectivity index (χ1) is 13.9. The molecule has 1 aromatic carbocycles. The number of carbonyl (C=O) groups is 2. The number of thioether (sulfide) groups is 1. The quantitative estimate of drug-likeness (QED) is 0.465. The van der Waals surface area contributed by atoms with E-state index >= 15 is 0 Å². The van der Waals surface area contributed by atoms with Gasteiger partial charge in [0, 0.05) is 16.7 Å². The second-order valence-corrected chi connectivity index (χ2v) is 10.2. The van der Waals surface area contributed by atoms with Crippen molar-refractivity contribution in [3.63, 3.8) is 0 Å². The Morgan fingerprint density at radius 2 is 1.84 bits per heavy atom. The van der Waals surface area contributed by atoms with Gasteiger partial charge in [0.05, 0.1) is 5.03 Å². The molecule has 0 unspecified atom stereocenters. The number of benzene rings is 1. The molecule has 1 aromatic rings.